The minimum atomic E-state index is -0.403. The Balaban J connectivity index is 1.88. The average Bonchev–Trinajstić information content (AvgIpc) is 3.01. The average molecular weight is 296 g/mol. The fraction of sp³-hybridized carbons (Fsp3) is 0.118. The van der Waals surface area contributed by atoms with Crippen molar-refractivity contribution in [3.63, 3.8) is 0 Å². The Bertz CT molecular complexity index is 926. The van der Waals surface area contributed by atoms with Gasteiger partial charge in [0.1, 0.15) is 11.3 Å². The van der Waals surface area contributed by atoms with E-state index in [9.17, 15) is 4.79 Å². The van der Waals surface area contributed by atoms with Crippen molar-refractivity contribution < 1.29 is 18.6 Å². The van der Waals surface area contributed by atoms with E-state index in [0.717, 1.165) is 10.9 Å². The first-order valence-electron chi connectivity index (χ1n) is 6.76. The van der Waals surface area contributed by atoms with Crippen molar-refractivity contribution in [1.82, 2.24) is 0 Å². The third kappa shape index (κ3) is 1.98. The number of rotatable bonds is 2. The lowest BCUT2D eigenvalue weighted by molar-refractivity contribution is 0.174. The topological polar surface area (TPSA) is 57.9 Å². The van der Waals surface area contributed by atoms with Crippen LogP contribution in [-0.4, -0.2) is 13.9 Å². The van der Waals surface area contributed by atoms with E-state index in [0.29, 0.717) is 28.4 Å². The largest absolute Gasteiger partial charge is 0.497 e. The number of fused-ring (bicyclic) bond motifs is 2. The van der Waals surface area contributed by atoms with Gasteiger partial charge in [0.05, 0.1) is 12.7 Å². The molecule has 0 N–H and O–H groups in total. The lowest BCUT2D eigenvalue weighted by atomic mass is 10.1. The third-order valence-corrected chi connectivity index (χ3v) is 3.63. The molecule has 0 atom stereocenters. The Labute approximate surface area is 125 Å². The van der Waals surface area contributed by atoms with Gasteiger partial charge in [-0.05, 0) is 35.9 Å². The standard InChI is InChI=1S/C17H12O5/c1-19-12-4-2-11-6-13(17(18)22-15(11)8-12)10-3-5-14-16(7-10)21-9-20-14/h2-8H,9H2,1H3. The van der Waals surface area contributed by atoms with Crippen LogP contribution in [0.1, 0.15) is 0 Å². The molecule has 2 aromatic carbocycles. The van der Waals surface area contributed by atoms with E-state index in [1.807, 2.05) is 18.2 Å². The second kappa shape index (κ2) is 4.80. The quantitative estimate of drug-likeness (QED) is 0.680. The van der Waals surface area contributed by atoms with Gasteiger partial charge in [-0.15, -0.1) is 0 Å². The van der Waals surface area contributed by atoms with Crippen molar-refractivity contribution in [2.45, 2.75) is 0 Å². The summed E-state index contributed by atoms with van der Waals surface area (Å²) in [4.78, 5) is 12.3. The summed E-state index contributed by atoms with van der Waals surface area (Å²) in [7, 11) is 1.57. The van der Waals surface area contributed by atoms with Crippen LogP contribution in [0.3, 0.4) is 0 Å². The van der Waals surface area contributed by atoms with E-state index in [4.69, 9.17) is 18.6 Å². The van der Waals surface area contributed by atoms with E-state index in [1.54, 1.807) is 31.4 Å². The molecule has 1 aromatic heterocycles. The molecule has 0 aliphatic carbocycles. The minimum absolute atomic E-state index is 0.199. The van der Waals surface area contributed by atoms with E-state index in [1.165, 1.54) is 0 Å². The molecule has 5 heteroatoms. The van der Waals surface area contributed by atoms with Gasteiger partial charge < -0.3 is 18.6 Å². The Morgan fingerprint density at radius 3 is 2.73 bits per heavy atom. The van der Waals surface area contributed by atoms with E-state index in [2.05, 4.69) is 0 Å². The van der Waals surface area contributed by atoms with Crippen molar-refractivity contribution in [2.24, 2.45) is 0 Å². The molecule has 0 unspecified atom stereocenters. The summed E-state index contributed by atoms with van der Waals surface area (Å²) in [5, 5.41) is 0.827. The van der Waals surface area contributed by atoms with Gasteiger partial charge in [-0.1, -0.05) is 6.07 Å². The molecule has 0 saturated carbocycles. The molecule has 4 rings (SSSR count). The number of hydrogen-bond acceptors (Lipinski definition) is 5. The van der Waals surface area contributed by atoms with Crippen LogP contribution in [0.2, 0.25) is 0 Å². The SMILES string of the molecule is COc1ccc2cc(-c3ccc4c(c3)OCO4)c(=O)oc2c1. The van der Waals surface area contributed by atoms with E-state index in [-0.39, 0.29) is 6.79 Å². The molecular formula is C17H12O5. The smallest absolute Gasteiger partial charge is 0.344 e. The maximum absolute atomic E-state index is 12.3. The molecule has 0 radical (unpaired) electrons. The maximum Gasteiger partial charge on any atom is 0.344 e. The van der Waals surface area contributed by atoms with Crippen LogP contribution < -0.4 is 19.8 Å². The molecule has 0 bridgehead atoms. The predicted molar refractivity (Wildman–Crippen MR) is 80.6 cm³/mol. The third-order valence-electron chi connectivity index (χ3n) is 3.63. The zero-order chi connectivity index (χ0) is 15.1. The van der Waals surface area contributed by atoms with E-state index >= 15 is 0 Å². The predicted octanol–water partition coefficient (Wildman–Crippen LogP) is 3.20. The number of ether oxygens (including phenoxy) is 3. The number of methoxy groups -OCH3 is 1. The molecule has 1 aliphatic rings. The molecule has 2 heterocycles. The monoisotopic (exact) mass is 296 g/mol. The lowest BCUT2D eigenvalue weighted by Crippen LogP contribution is -2.02. The van der Waals surface area contributed by atoms with Crippen LogP contribution in [-0.2, 0) is 0 Å². The summed E-state index contributed by atoms with van der Waals surface area (Å²) in [6.45, 7) is 0.199. The normalized spacial score (nSPS) is 12.6. The molecule has 1 aliphatic heterocycles. The van der Waals surface area contributed by atoms with Gasteiger partial charge in [0.2, 0.25) is 6.79 Å². The first-order chi connectivity index (χ1) is 10.7. The molecule has 3 aromatic rings. The Morgan fingerprint density at radius 1 is 1.00 bits per heavy atom. The van der Waals surface area contributed by atoms with Gasteiger partial charge in [0.15, 0.2) is 11.5 Å². The van der Waals surface area contributed by atoms with Gasteiger partial charge in [-0.25, -0.2) is 4.79 Å². The van der Waals surface area contributed by atoms with E-state index < -0.39 is 5.63 Å². The van der Waals surface area contributed by atoms with Crippen molar-refractivity contribution >= 4 is 11.0 Å². The van der Waals surface area contributed by atoms with Crippen molar-refractivity contribution in [3.05, 3.63) is 52.9 Å². The zero-order valence-electron chi connectivity index (χ0n) is 11.8. The second-order valence-corrected chi connectivity index (χ2v) is 4.92. The summed E-state index contributed by atoms with van der Waals surface area (Å²) in [5.41, 5.74) is 1.31. The van der Waals surface area contributed by atoms with Crippen LogP contribution in [0.15, 0.2) is 51.7 Å². The first kappa shape index (κ1) is 12.8. The summed E-state index contributed by atoms with van der Waals surface area (Å²) >= 11 is 0. The highest BCUT2D eigenvalue weighted by Gasteiger charge is 2.16. The van der Waals surface area contributed by atoms with Crippen molar-refractivity contribution in [3.8, 4) is 28.4 Å². The van der Waals surface area contributed by atoms with Gasteiger partial charge in [-0.2, -0.15) is 0 Å². The molecular weight excluding hydrogens is 284 g/mol. The van der Waals surface area contributed by atoms with Crippen LogP contribution in [0, 0.1) is 0 Å². The molecule has 22 heavy (non-hydrogen) atoms. The molecule has 110 valence electrons. The maximum atomic E-state index is 12.3. The van der Waals surface area contributed by atoms with Crippen molar-refractivity contribution in [1.29, 1.82) is 0 Å². The molecule has 0 amide bonds. The van der Waals surface area contributed by atoms with Gasteiger partial charge >= 0.3 is 5.63 Å². The number of hydrogen-bond donors (Lipinski definition) is 0. The summed E-state index contributed by atoms with van der Waals surface area (Å²) in [6, 6.07) is 12.6. The van der Waals surface area contributed by atoms with Crippen LogP contribution in [0.4, 0.5) is 0 Å². The van der Waals surface area contributed by atoms with Crippen LogP contribution in [0.25, 0.3) is 22.1 Å². The highest BCUT2D eigenvalue weighted by atomic mass is 16.7. The summed E-state index contributed by atoms with van der Waals surface area (Å²) in [6.07, 6.45) is 0. The number of benzene rings is 2. The zero-order valence-corrected chi connectivity index (χ0v) is 11.8. The van der Waals surface area contributed by atoms with Gasteiger partial charge in [0, 0.05) is 11.5 Å². The van der Waals surface area contributed by atoms with Crippen molar-refractivity contribution in [2.75, 3.05) is 13.9 Å². The van der Waals surface area contributed by atoms with Gasteiger partial charge in [-0.3, -0.25) is 0 Å². The minimum Gasteiger partial charge on any atom is -0.497 e. The molecule has 5 nitrogen and oxygen atoms in total. The molecule has 0 saturated heterocycles. The summed E-state index contributed by atoms with van der Waals surface area (Å²) < 4.78 is 21.2. The summed E-state index contributed by atoms with van der Waals surface area (Å²) in [5.74, 6) is 1.96. The fourth-order valence-electron chi connectivity index (χ4n) is 2.48. The highest BCUT2D eigenvalue weighted by molar-refractivity contribution is 5.83. The molecule has 0 fully saturated rings. The Morgan fingerprint density at radius 2 is 1.86 bits per heavy atom. The second-order valence-electron chi connectivity index (χ2n) is 4.92. The molecule has 0 spiro atoms. The first-order valence-corrected chi connectivity index (χ1v) is 6.76. The van der Waals surface area contributed by atoms with Crippen LogP contribution in [0.5, 0.6) is 17.2 Å². The Kier molecular flexibility index (Phi) is 2.79. The lowest BCUT2D eigenvalue weighted by Gasteiger charge is -2.05. The Hall–Kier alpha value is -2.95. The fourth-order valence-corrected chi connectivity index (χ4v) is 2.48. The highest BCUT2D eigenvalue weighted by Crippen LogP contribution is 2.35. The van der Waals surface area contributed by atoms with Gasteiger partial charge in [0.25, 0.3) is 0 Å². The van der Waals surface area contributed by atoms with Crippen LogP contribution >= 0.6 is 0 Å².